The molecule has 1 aromatic rings. The van der Waals surface area contributed by atoms with Gasteiger partial charge in [0.1, 0.15) is 5.82 Å². The van der Waals surface area contributed by atoms with Crippen molar-refractivity contribution in [3.8, 4) is 0 Å². The fraction of sp³-hybridized carbons (Fsp3) is 0.500. The van der Waals surface area contributed by atoms with E-state index in [0.717, 1.165) is 6.07 Å². The number of hydrogen-bond acceptors (Lipinski definition) is 3. The summed E-state index contributed by atoms with van der Waals surface area (Å²) >= 11 is 0. The highest BCUT2D eigenvalue weighted by atomic mass is 32.2. The molecule has 0 spiro atoms. The van der Waals surface area contributed by atoms with Crippen molar-refractivity contribution in [3.63, 3.8) is 0 Å². The van der Waals surface area contributed by atoms with Crippen molar-refractivity contribution >= 4 is 10.0 Å². The molecular formula is C12H19FN2O2S. The van der Waals surface area contributed by atoms with E-state index in [2.05, 4.69) is 4.72 Å². The Balaban J connectivity index is 3.19. The molecule has 1 unspecified atom stereocenters. The van der Waals surface area contributed by atoms with Gasteiger partial charge in [0.25, 0.3) is 0 Å². The Bertz CT molecular complexity index is 539. The molecule has 102 valence electrons. The molecule has 0 fully saturated rings. The van der Waals surface area contributed by atoms with Crippen LogP contribution in [0.15, 0.2) is 23.1 Å². The van der Waals surface area contributed by atoms with E-state index in [0.29, 0.717) is 5.56 Å². The van der Waals surface area contributed by atoms with Crippen LogP contribution in [0.2, 0.25) is 0 Å². The number of hydrogen-bond donors (Lipinski definition) is 2. The number of benzene rings is 1. The zero-order valence-corrected chi connectivity index (χ0v) is 11.8. The monoisotopic (exact) mass is 274 g/mol. The van der Waals surface area contributed by atoms with Gasteiger partial charge in [-0.2, -0.15) is 0 Å². The fourth-order valence-electron chi connectivity index (χ4n) is 1.36. The van der Waals surface area contributed by atoms with Gasteiger partial charge >= 0.3 is 0 Å². The maximum atomic E-state index is 13.2. The molecule has 0 aliphatic rings. The summed E-state index contributed by atoms with van der Waals surface area (Å²) in [6, 6.07) is 3.30. The number of halogens is 1. The van der Waals surface area contributed by atoms with Crippen molar-refractivity contribution in [3.05, 3.63) is 29.6 Å². The van der Waals surface area contributed by atoms with Crippen LogP contribution in [-0.2, 0) is 10.0 Å². The van der Waals surface area contributed by atoms with Crippen LogP contribution < -0.4 is 10.5 Å². The molecule has 0 saturated carbocycles. The summed E-state index contributed by atoms with van der Waals surface area (Å²) in [4.78, 5) is -0.0591. The van der Waals surface area contributed by atoms with E-state index >= 15 is 0 Å². The highest BCUT2D eigenvalue weighted by Crippen LogP contribution is 2.19. The van der Waals surface area contributed by atoms with Gasteiger partial charge in [-0.15, -0.1) is 0 Å². The van der Waals surface area contributed by atoms with E-state index in [9.17, 15) is 12.8 Å². The second kappa shape index (κ2) is 4.95. The quantitative estimate of drug-likeness (QED) is 0.874. The minimum Gasteiger partial charge on any atom is -0.326 e. The molecule has 4 nitrogen and oxygen atoms in total. The first-order valence-corrected chi connectivity index (χ1v) is 7.10. The molecule has 1 aromatic carbocycles. The normalized spacial score (nSPS) is 14.6. The first-order chi connectivity index (χ1) is 8.06. The standard InChI is InChI=1S/C12H19FN2O2S/c1-8-5-6-10(13)7-11(8)18(16,17)15-12(3,4)9(2)14/h5-7,9,15H,14H2,1-4H3. The maximum absolute atomic E-state index is 13.2. The van der Waals surface area contributed by atoms with E-state index in [-0.39, 0.29) is 10.9 Å². The van der Waals surface area contributed by atoms with Gasteiger partial charge in [0.15, 0.2) is 0 Å². The summed E-state index contributed by atoms with van der Waals surface area (Å²) in [5.41, 5.74) is 5.40. The van der Waals surface area contributed by atoms with Crippen molar-refractivity contribution < 1.29 is 12.8 Å². The van der Waals surface area contributed by atoms with E-state index in [1.165, 1.54) is 12.1 Å². The Kier molecular flexibility index (Phi) is 4.15. The maximum Gasteiger partial charge on any atom is 0.241 e. The van der Waals surface area contributed by atoms with Crippen LogP contribution in [0, 0.1) is 12.7 Å². The van der Waals surface area contributed by atoms with E-state index in [4.69, 9.17) is 5.73 Å². The molecule has 0 bridgehead atoms. The fourth-order valence-corrected chi connectivity index (χ4v) is 3.11. The first kappa shape index (κ1) is 15.1. The van der Waals surface area contributed by atoms with Crippen LogP contribution in [0.1, 0.15) is 26.3 Å². The van der Waals surface area contributed by atoms with Gasteiger partial charge in [-0.3, -0.25) is 0 Å². The molecule has 3 N–H and O–H groups in total. The van der Waals surface area contributed by atoms with Crippen molar-refractivity contribution in [2.75, 3.05) is 0 Å². The molecule has 0 radical (unpaired) electrons. The SMILES string of the molecule is Cc1ccc(F)cc1S(=O)(=O)NC(C)(C)C(C)N. The van der Waals surface area contributed by atoms with Crippen molar-refractivity contribution in [2.24, 2.45) is 5.73 Å². The molecule has 0 aromatic heterocycles. The highest BCUT2D eigenvalue weighted by molar-refractivity contribution is 7.89. The average Bonchev–Trinajstić information content (AvgIpc) is 2.19. The van der Waals surface area contributed by atoms with Gasteiger partial charge < -0.3 is 5.73 Å². The summed E-state index contributed by atoms with van der Waals surface area (Å²) in [5, 5.41) is 0. The van der Waals surface area contributed by atoms with Crippen LogP contribution in [-0.4, -0.2) is 20.0 Å². The second-order valence-corrected chi connectivity index (χ2v) is 6.68. The minimum atomic E-state index is -3.79. The molecule has 1 atom stereocenters. The third kappa shape index (κ3) is 3.28. The van der Waals surface area contributed by atoms with Crippen LogP contribution in [0.5, 0.6) is 0 Å². The summed E-state index contributed by atoms with van der Waals surface area (Å²) in [5.74, 6) is -0.584. The molecular weight excluding hydrogens is 255 g/mol. The topological polar surface area (TPSA) is 72.2 Å². The Morgan fingerprint density at radius 3 is 2.44 bits per heavy atom. The summed E-state index contributed by atoms with van der Waals surface area (Å²) in [6.45, 7) is 6.70. The minimum absolute atomic E-state index is 0.0591. The number of nitrogens with two attached hydrogens (primary N) is 1. The number of rotatable bonds is 4. The number of nitrogens with one attached hydrogen (secondary N) is 1. The number of sulfonamides is 1. The predicted molar refractivity (Wildman–Crippen MR) is 69.2 cm³/mol. The third-order valence-corrected chi connectivity index (χ3v) is 4.79. The number of aryl methyl sites for hydroxylation is 1. The van der Waals surface area contributed by atoms with Gasteiger partial charge in [-0.1, -0.05) is 6.07 Å². The van der Waals surface area contributed by atoms with E-state index in [1.54, 1.807) is 27.7 Å². The van der Waals surface area contributed by atoms with Gasteiger partial charge in [-0.05, 0) is 45.4 Å². The van der Waals surface area contributed by atoms with Crippen molar-refractivity contribution in [1.29, 1.82) is 0 Å². The third-order valence-electron chi connectivity index (χ3n) is 2.98. The predicted octanol–water partition coefficient (Wildman–Crippen LogP) is 1.54. The van der Waals surface area contributed by atoms with E-state index in [1.807, 2.05) is 0 Å². The lowest BCUT2D eigenvalue weighted by atomic mass is 9.99. The first-order valence-electron chi connectivity index (χ1n) is 5.62. The van der Waals surface area contributed by atoms with Crippen molar-refractivity contribution in [1.82, 2.24) is 4.72 Å². The lowest BCUT2D eigenvalue weighted by Gasteiger charge is -2.30. The average molecular weight is 274 g/mol. The second-order valence-electron chi connectivity index (χ2n) is 5.03. The lowest BCUT2D eigenvalue weighted by Crippen LogP contribution is -2.54. The van der Waals surface area contributed by atoms with Gasteiger partial charge in [0.2, 0.25) is 10.0 Å². The Morgan fingerprint density at radius 2 is 1.94 bits per heavy atom. The summed E-state index contributed by atoms with van der Waals surface area (Å²) in [6.07, 6.45) is 0. The summed E-state index contributed by atoms with van der Waals surface area (Å²) < 4.78 is 40.0. The zero-order chi connectivity index (χ0) is 14.1. The van der Waals surface area contributed by atoms with E-state index < -0.39 is 21.4 Å². The Morgan fingerprint density at radius 1 is 1.39 bits per heavy atom. The molecule has 0 saturated heterocycles. The Labute approximate surface area is 107 Å². The molecule has 0 aliphatic carbocycles. The molecule has 6 heteroatoms. The van der Waals surface area contributed by atoms with Crippen molar-refractivity contribution in [2.45, 2.75) is 44.2 Å². The highest BCUT2D eigenvalue weighted by Gasteiger charge is 2.30. The molecule has 0 aliphatic heterocycles. The zero-order valence-electron chi connectivity index (χ0n) is 11.0. The van der Waals surface area contributed by atoms with Gasteiger partial charge in [0.05, 0.1) is 4.90 Å². The largest absolute Gasteiger partial charge is 0.326 e. The van der Waals surface area contributed by atoms with Gasteiger partial charge in [-0.25, -0.2) is 17.5 Å². The molecule has 1 rings (SSSR count). The van der Waals surface area contributed by atoms with Crippen LogP contribution >= 0.6 is 0 Å². The lowest BCUT2D eigenvalue weighted by molar-refractivity contribution is 0.387. The van der Waals surface area contributed by atoms with Crippen LogP contribution in [0.3, 0.4) is 0 Å². The Hall–Kier alpha value is -0.980. The van der Waals surface area contributed by atoms with Crippen LogP contribution in [0.4, 0.5) is 4.39 Å². The smallest absolute Gasteiger partial charge is 0.241 e. The summed E-state index contributed by atoms with van der Waals surface area (Å²) in [7, 11) is -3.79. The van der Waals surface area contributed by atoms with Crippen LogP contribution in [0.25, 0.3) is 0 Å². The molecule has 0 amide bonds. The molecule has 0 heterocycles. The van der Waals surface area contributed by atoms with Gasteiger partial charge in [0, 0.05) is 11.6 Å². The molecule has 18 heavy (non-hydrogen) atoms.